The molecule has 3 atom stereocenters. The molecule has 0 amide bonds. The highest BCUT2D eigenvalue weighted by Gasteiger charge is 2.28. The third-order valence-corrected chi connectivity index (χ3v) is 4.90. The number of hydrogen-bond acceptors (Lipinski definition) is 5. The van der Waals surface area contributed by atoms with E-state index in [1.54, 1.807) is 21.3 Å². The van der Waals surface area contributed by atoms with Gasteiger partial charge in [-0.25, -0.2) is 0 Å². The van der Waals surface area contributed by atoms with E-state index >= 15 is 0 Å². The first-order valence-electron chi connectivity index (χ1n) is 8.22. The van der Waals surface area contributed by atoms with Crippen molar-refractivity contribution < 1.29 is 14.2 Å². The Labute approximate surface area is 152 Å². The quantitative estimate of drug-likeness (QED) is 0.846. The normalized spacial score (nSPS) is 24.2. The zero-order valence-corrected chi connectivity index (χ0v) is 16.4. The molecule has 1 aliphatic heterocycles. The molecule has 2 rings (SSSR count). The average molecular weight is 359 g/mol. The second kappa shape index (κ2) is 9.35. The minimum atomic E-state index is 0. The Morgan fingerprint density at radius 3 is 2.17 bits per heavy atom. The lowest BCUT2D eigenvalue weighted by Crippen LogP contribution is -2.50. The van der Waals surface area contributed by atoms with E-state index in [9.17, 15) is 0 Å². The third kappa shape index (κ3) is 4.68. The molecule has 1 saturated heterocycles. The molecule has 1 aromatic rings. The van der Waals surface area contributed by atoms with Crippen molar-refractivity contribution in [3.63, 3.8) is 0 Å². The number of nitrogens with one attached hydrogen (secondary N) is 1. The van der Waals surface area contributed by atoms with Gasteiger partial charge >= 0.3 is 0 Å². The molecule has 1 aliphatic rings. The monoisotopic (exact) mass is 358 g/mol. The van der Waals surface area contributed by atoms with Crippen LogP contribution in [0.4, 0.5) is 0 Å². The predicted octanol–water partition coefficient (Wildman–Crippen LogP) is 2.95. The molecule has 0 aromatic heterocycles. The van der Waals surface area contributed by atoms with Crippen LogP contribution in [-0.4, -0.2) is 51.9 Å². The molecule has 1 aromatic carbocycles. The molecule has 24 heavy (non-hydrogen) atoms. The number of piperidine rings is 1. The molecule has 1 heterocycles. The van der Waals surface area contributed by atoms with E-state index in [0.717, 1.165) is 18.7 Å². The van der Waals surface area contributed by atoms with E-state index in [2.05, 4.69) is 31.1 Å². The van der Waals surface area contributed by atoms with E-state index in [1.807, 2.05) is 12.1 Å². The van der Waals surface area contributed by atoms with Crippen molar-refractivity contribution in [2.75, 3.05) is 34.9 Å². The fraction of sp³-hybridized carbons (Fsp3) is 0.667. The van der Waals surface area contributed by atoms with Gasteiger partial charge in [-0.15, -0.1) is 12.4 Å². The highest BCUT2D eigenvalue weighted by molar-refractivity contribution is 5.85. The fourth-order valence-electron chi connectivity index (χ4n) is 3.31. The van der Waals surface area contributed by atoms with Crippen LogP contribution in [0.5, 0.6) is 17.2 Å². The van der Waals surface area contributed by atoms with Gasteiger partial charge in [-0.05, 0) is 44.0 Å². The Kier molecular flexibility index (Phi) is 8.13. The van der Waals surface area contributed by atoms with Gasteiger partial charge in [0.15, 0.2) is 11.5 Å². The van der Waals surface area contributed by atoms with Gasteiger partial charge in [0.05, 0.1) is 21.3 Å². The van der Waals surface area contributed by atoms with E-state index in [-0.39, 0.29) is 12.4 Å². The highest BCUT2D eigenvalue weighted by Crippen LogP contribution is 2.38. The SMILES string of the molecule is COc1cc(CNC2CC(C)N(C)CC2C)cc(OC)c1OC.Cl. The number of rotatable bonds is 6. The number of hydrogen-bond donors (Lipinski definition) is 1. The van der Waals surface area contributed by atoms with Gasteiger partial charge in [0.2, 0.25) is 5.75 Å². The minimum absolute atomic E-state index is 0. The van der Waals surface area contributed by atoms with E-state index in [1.165, 1.54) is 6.42 Å². The minimum Gasteiger partial charge on any atom is -0.493 e. The van der Waals surface area contributed by atoms with Crippen LogP contribution in [0, 0.1) is 5.92 Å². The van der Waals surface area contributed by atoms with Gasteiger partial charge in [0.25, 0.3) is 0 Å². The lowest BCUT2D eigenvalue weighted by atomic mass is 9.89. The maximum absolute atomic E-state index is 5.42. The number of methoxy groups -OCH3 is 3. The van der Waals surface area contributed by atoms with Crippen molar-refractivity contribution in [3.05, 3.63) is 17.7 Å². The number of likely N-dealkylation sites (tertiary alicyclic amines) is 1. The Morgan fingerprint density at radius 1 is 1.08 bits per heavy atom. The summed E-state index contributed by atoms with van der Waals surface area (Å²) in [4.78, 5) is 2.43. The largest absolute Gasteiger partial charge is 0.493 e. The maximum Gasteiger partial charge on any atom is 0.203 e. The van der Waals surface area contributed by atoms with Crippen molar-refractivity contribution in [3.8, 4) is 17.2 Å². The summed E-state index contributed by atoms with van der Waals surface area (Å²) in [6.45, 7) is 6.53. The van der Waals surface area contributed by atoms with Crippen LogP contribution in [0.3, 0.4) is 0 Å². The second-order valence-corrected chi connectivity index (χ2v) is 6.52. The van der Waals surface area contributed by atoms with Gasteiger partial charge < -0.3 is 24.4 Å². The van der Waals surface area contributed by atoms with Gasteiger partial charge in [0, 0.05) is 25.2 Å². The summed E-state index contributed by atoms with van der Waals surface area (Å²) in [5.74, 6) is 2.68. The van der Waals surface area contributed by atoms with Crippen LogP contribution < -0.4 is 19.5 Å². The van der Waals surface area contributed by atoms with Gasteiger partial charge in [-0.3, -0.25) is 0 Å². The van der Waals surface area contributed by atoms with Crippen molar-refractivity contribution in [2.45, 2.75) is 38.9 Å². The van der Waals surface area contributed by atoms with Crippen molar-refractivity contribution in [1.82, 2.24) is 10.2 Å². The standard InChI is InChI=1S/C18H30N2O3.ClH/c1-12-11-20(3)13(2)7-15(12)19-10-14-8-16(21-4)18(23-6)17(9-14)22-5;/h8-9,12-13,15,19H,7,10-11H2,1-6H3;1H. The van der Waals surface area contributed by atoms with Crippen molar-refractivity contribution in [2.24, 2.45) is 5.92 Å². The summed E-state index contributed by atoms with van der Waals surface area (Å²) in [5.41, 5.74) is 1.14. The average Bonchev–Trinajstić information content (AvgIpc) is 2.55. The Hall–Kier alpha value is -1.17. The smallest absolute Gasteiger partial charge is 0.203 e. The summed E-state index contributed by atoms with van der Waals surface area (Å²) in [7, 11) is 7.13. The number of ether oxygens (including phenoxy) is 3. The zero-order valence-electron chi connectivity index (χ0n) is 15.6. The molecule has 0 spiro atoms. The Bertz CT molecular complexity index is 502. The lowest BCUT2D eigenvalue weighted by molar-refractivity contribution is 0.121. The Balaban J connectivity index is 0.00000288. The summed E-state index contributed by atoms with van der Waals surface area (Å²) >= 11 is 0. The second-order valence-electron chi connectivity index (χ2n) is 6.52. The lowest BCUT2D eigenvalue weighted by Gasteiger charge is -2.40. The van der Waals surface area contributed by atoms with Gasteiger partial charge in [-0.2, -0.15) is 0 Å². The van der Waals surface area contributed by atoms with Crippen LogP contribution in [0.15, 0.2) is 12.1 Å². The number of nitrogens with zero attached hydrogens (tertiary/aromatic N) is 1. The first kappa shape index (κ1) is 20.9. The summed E-state index contributed by atoms with van der Waals surface area (Å²) in [6.07, 6.45) is 1.17. The summed E-state index contributed by atoms with van der Waals surface area (Å²) in [5, 5.41) is 3.70. The number of benzene rings is 1. The van der Waals surface area contributed by atoms with E-state index < -0.39 is 0 Å². The maximum atomic E-state index is 5.42. The van der Waals surface area contributed by atoms with E-state index in [4.69, 9.17) is 14.2 Å². The zero-order chi connectivity index (χ0) is 17.0. The van der Waals surface area contributed by atoms with Crippen LogP contribution in [0.2, 0.25) is 0 Å². The number of halogens is 1. The predicted molar refractivity (Wildman–Crippen MR) is 99.8 cm³/mol. The topological polar surface area (TPSA) is 43.0 Å². The van der Waals surface area contributed by atoms with Crippen LogP contribution in [0.1, 0.15) is 25.8 Å². The van der Waals surface area contributed by atoms with Gasteiger partial charge in [0.1, 0.15) is 0 Å². The molecular formula is C18H31ClN2O3. The van der Waals surface area contributed by atoms with Crippen molar-refractivity contribution in [1.29, 1.82) is 0 Å². The van der Waals surface area contributed by atoms with Crippen molar-refractivity contribution >= 4 is 12.4 Å². The summed E-state index contributed by atoms with van der Waals surface area (Å²) < 4.78 is 16.2. The molecule has 1 N–H and O–H groups in total. The molecule has 1 fully saturated rings. The highest BCUT2D eigenvalue weighted by atomic mass is 35.5. The Morgan fingerprint density at radius 2 is 1.67 bits per heavy atom. The van der Waals surface area contributed by atoms with Gasteiger partial charge in [-0.1, -0.05) is 6.92 Å². The molecule has 3 unspecified atom stereocenters. The molecule has 0 radical (unpaired) electrons. The molecule has 0 aliphatic carbocycles. The molecule has 138 valence electrons. The van der Waals surface area contributed by atoms with Crippen LogP contribution in [0.25, 0.3) is 0 Å². The third-order valence-electron chi connectivity index (χ3n) is 4.90. The first-order valence-corrected chi connectivity index (χ1v) is 8.22. The molecular weight excluding hydrogens is 328 g/mol. The molecule has 0 saturated carbocycles. The summed E-state index contributed by atoms with van der Waals surface area (Å²) in [6, 6.07) is 5.17. The molecule has 0 bridgehead atoms. The molecule has 6 heteroatoms. The fourth-order valence-corrected chi connectivity index (χ4v) is 3.31. The van der Waals surface area contributed by atoms with Crippen LogP contribution in [-0.2, 0) is 6.54 Å². The molecule has 5 nitrogen and oxygen atoms in total. The first-order chi connectivity index (χ1) is 11.0. The van der Waals surface area contributed by atoms with E-state index in [0.29, 0.717) is 35.3 Å². The van der Waals surface area contributed by atoms with Crippen LogP contribution >= 0.6 is 12.4 Å².